The van der Waals surface area contributed by atoms with Crippen LogP contribution < -0.4 is 15.2 Å². The Kier molecular flexibility index (Phi) is 3.76. The van der Waals surface area contributed by atoms with Crippen LogP contribution in [0, 0.1) is 6.92 Å². The van der Waals surface area contributed by atoms with Crippen molar-refractivity contribution in [2.45, 2.75) is 13.5 Å². The molecule has 0 atom stereocenters. The summed E-state index contributed by atoms with van der Waals surface area (Å²) in [5, 5.41) is 4.43. The summed E-state index contributed by atoms with van der Waals surface area (Å²) in [6.45, 7) is 2.39. The van der Waals surface area contributed by atoms with Gasteiger partial charge in [-0.2, -0.15) is 5.10 Å². The van der Waals surface area contributed by atoms with Gasteiger partial charge in [0.15, 0.2) is 0 Å². The molecule has 1 aromatic heterocycles. The van der Waals surface area contributed by atoms with Crippen molar-refractivity contribution in [3.8, 4) is 22.6 Å². The average molecular weight is 261 g/mol. The highest BCUT2D eigenvalue weighted by Crippen LogP contribution is 2.36. The van der Waals surface area contributed by atoms with E-state index in [0.29, 0.717) is 6.54 Å². The van der Waals surface area contributed by atoms with Gasteiger partial charge in [0.2, 0.25) is 0 Å². The Morgan fingerprint density at radius 2 is 2.00 bits per heavy atom. The maximum atomic E-state index is 5.83. The molecule has 5 heteroatoms. The molecule has 0 amide bonds. The molecule has 0 aliphatic heterocycles. The first-order valence-electron chi connectivity index (χ1n) is 6.07. The first-order valence-corrected chi connectivity index (χ1v) is 6.07. The molecule has 19 heavy (non-hydrogen) atoms. The second-order valence-electron chi connectivity index (χ2n) is 4.30. The van der Waals surface area contributed by atoms with Crippen LogP contribution in [0.1, 0.15) is 11.4 Å². The molecule has 1 heterocycles. The number of hydrogen-bond donors (Lipinski definition) is 1. The highest BCUT2D eigenvalue weighted by Gasteiger charge is 2.18. The van der Waals surface area contributed by atoms with Gasteiger partial charge in [-0.15, -0.1) is 0 Å². The van der Waals surface area contributed by atoms with Gasteiger partial charge in [-0.3, -0.25) is 4.68 Å². The van der Waals surface area contributed by atoms with Gasteiger partial charge in [0, 0.05) is 24.7 Å². The third-order valence-electron chi connectivity index (χ3n) is 3.21. The van der Waals surface area contributed by atoms with Crippen LogP contribution in [0.15, 0.2) is 18.2 Å². The number of hydrogen-bond acceptors (Lipinski definition) is 4. The zero-order chi connectivity index (χ0) is 14.0. The Hall–Kier alpha value is -2.01. The number of benzene rings is 1. The van der Waals surface area contributed by atoms with Crippen molar-refractivity contribution >= 4 is 0 Å². The largest absolute Gasteiger partial charge is 0.497 e. The van der Waals surface area contributed by atoms with Crippen LogP contribution in [0.5, 0.6) is 11.5 Å². The predicted octanol–water partition coefficient (Wildman–Crippen LogP) is 1.87. The normalized spacial score (nSPS) is 10.6. The van der Waals surface area contributed by atoms with Crippen LogP contribution >= 0.6 is 0 Å². The molecule has 2 N–H and O–H groups in total. The van der Waals surface area contributed by atoms with E-state index in [2.05, 4.69) is 5.10 Å². The fraction of sp³-hybridized carbons (Fsp3) is 0.357. The van der Waals surface area contributed by atoms with Gasteiger partial charge in [0.25, 0.3) is 0 Å². The van der Waals surface area contributed by atoms with Crippen LogP contribution in [0.25, 0.3) is 11.1 Å². The van der Waals surface area contributed by atoms with Gasteiger partial charge in [-0.25, -0.2) is 0 Å². The lowest BCUT2D eigenvalue weighted by Crippen LogP contribution is -2.05. The van der Waals surface area contributed by atoms with Crippen molar-refractivity contribution in [1.29, 1.82) is 0 Å². The number of ether oxygens (including phenoxy) is 2. The van der Waals surface area contributed by atoms with Crippen molar-refractivity contribution in [3.05, 3.63) is 29.6 Å². The Balaban J connectivity index is 2.69. The van der Waals surface area contributed by atoms with Gasteiger partial charge >= 0.3 is 0 Å². The van der Waals surface area contributed by atoms with Gasteiger partial charge in [-0.1, -0.05) is 0 Å². The second-order valence-corrected chi connectivity index (χ2v) is 4.30. The van der Waals surface area contributed by atoms with Crippen LogP contribution in [0.2, 0.25) is 0 Å². The van der Waals surface area contributed by atoms with E-state index in [1.54, 1.807) is 14.2 Å². The molecule has 0 radical (unpaired) electrons. The van der Waals surface area contributed by atoms with E-state index in [0.717, 1.165) is 34.0 Å². The monoisotopic (exact) mass is 261 g/mol. The molecular formula is C14H19N3O2. The lowest BCUT2D eigenvalue weighted by molar-refractivity contribution is 0.404. The molecule has 0 fully saturated rings. The molecule has 5 nitrogen and oxygen atoms in total. The number of rotatable bonds is 4. The van der Waals surface area contributed by atoms with Crippen LogP contribution in [-0.4, -0.2) is 24.0 Å². The van der Waals surface area contributed by atoms with Gasteiger partial charge in [-0.05, 0) is 25.1 Å². The van der Waals surface area contributed by atoms with E-state index in [4.69, 9.17) is 15.2 Å². The van der Waals surface area contributed by atoms with E-state index in [-0.39, 0.29) is 0 Å². The summed E-state index contributed by atoms with van der Waals surface area (Å²) < 4.78 is 12.5. The molecule has 0 unspecified atom stereocenters. The first kappa shape index (κ1) is 13.4. The standard InChI is InChI=1S/C14H19N3O2/c1-9-14(12(8-15)17(2)16-9)11-7-10(18-3)5-6-13(11)19-4/h5-7H,8,15H2,1-4H3. The molecule has 2 aromatic rings. The number of nitrogens with two attached hydrogens (primary N) is 1. The average Bonchev–Trinajstić information content (AvgIpc) is 2.71. The lowest BCUT2D eigenvalue weighted by Gasteiger charge is -2.11. The summed E-state index contributed by atoms with van der Waals surface area (Å²) in [5.41, 5.74) is 9.70. The Morgan fingerprint density at radius 3 is 2.58 bits per heavy atom. The zero-order valence-electron chi connectivity index (χ0n) is 11.7. The maximum Gasteiger partial charge on any atom is 0.127 e. The van der Waals surface area contributed by atoms with E-state index in [1.165, 1.54) is 0 Å². The van der Waals surface area contributed by atoms with E-state index in [1.807, 2.05) is 36.9 Å². The Morgan fingerprint density at radius 1 is 1.26 bits per heavy atom. The number of aromatic nitrogens is 2. The van der Waals surface area contributed by atoms with Crippen molar-refractivity contribution in [3.63, 3.8) is 0 Å². The summed E-state index contributed by atoms with van der Waals surface area (Å²) in [6.07, 6.45) is 0. The topological polar surface area (TPSA) is 62.3 Å². The smallest absolute Gasteiger partial charge is 0.127 e. The van der Waals surface area contributed by atoms with Crippen molar-refractivity contribution in [2.24, 2.45) is 12.8 Å². The lowest BCUT2D eigenvalue weighted by atomic mass is 10.0. The SMILES string of the molecule is COc1ccc(OC)c(-c2c(C)nn(C)c2CN)c1. The molecule has 0 spiro atoms. The van der Waals surface area contributed by atoms with Gasteiger partial charge < -0.3 is 15.2 Å². The molecule has 0 saturated heterocycles. The van der Waals surface area contributed by atoms with Gasteiger partial charge in [0.05, 0.1) is 25.6 Å². The van der Waals surface area contributed by atoms with Crippen molar-refractivity contribution in [1.82, 2.24) is 9.78 Å². The minimum absolute atomic E-state index is 0.424. The highest BCUT2D eigenvalue weighted by atomic mass is 16.5. The fourth-order valence-electron chi connectivity index (χ4n) is 2.30. The van der Waals surface area contributed by atoms with E-state index >= 15 is 0 Å². The molecule has 1 aromatic carbocycles. The Bertz CT molecular complexity index is 591. The first-order chi connectivity index (χ1) is 9.12. The third-order valence-corrected chi connectivity index (χ3v) is 3.21. The quantitative estimate of drug-likeness (QED) is 0.912. The van der Waals surface area contributed by atoms with Crippen LogP contribution in [0.4, 0.5) is 0 Å². The predicted molar refractivity (Wildman–Crippen MR) is 74.4 cm³/mol. The summed E-state index contributed by atoms with van der Waals surface area (Å²) in [4.78, 5) is 0. The molecule has 0 aliphatic rings. The number of methoxy groups -OCH3 is 2. The van der Waals surface area contributed by atoms with Crippen molar-refractivity contribution in [2.75, 3.05) is 14.2 Å². The van der Waals surface area contributed by atoms with Crippen molar-refractivity contribution < 1.29 is 9.47 Å². The highest BCUT2D eigenvalue weighted by molar-refractivity contribution is 5.76. The minimum atomic E-state index is 0.424. The van der Waals surface area contributed by atoms with E-state index < -0.39 is 0 Å². The summed E-state index contributed by atoms with van der Waals surface area (Å²) >= 11 is 0. The summed E-state index contributed by atoms with van der Waals surface area (Å²) in [5.74, 6) is 1.56. The summed E-state index contributed by atoms with van der Waals surface area (Å²) in [7, 11) is 5.19. The molecule has 0 bridgehead atoms. The second kappa shape index (κ2) is 5.32. The zero-order valence-corrected chi connectivity index (χ0v) is 11.7. The van der Waals surface area contributed by atoms with Crippen LogP contribution in [0.3, 0.4) is 0 Å². The Labute approximate surface area is 112 Å². The molecule has 0 saturated carbocycles. The van der Waals surface area contributed by atoms with Gasteiger partial charge in [0.1, 0.15) is 11.5 Å². The van der Waals surface area contributed by atoms with Crippen LogP contribution in [-0.2, 0) is 13.6 Å². The molecular weight excluding hydrogens is 242 g/mol. The van der Waals surface area contributed by atoms with E-state index in [9.17, 15) is 0 Å². The fourth-order valence-corrected chi connectivity index (χ4v) is 2.30. The molecule has 102 valence electrons. The molecule has 0 aliphatic carbocycles. The third kappa shape index (κ3) is 2.29. The number of aryl methyl sites for hydroxylation is 2. The maximum absolute atomic E-state index is 5.83. The summed E-state index contributed by atoms with van der Waals surface area (Å²) in [6, 6.07) is 5.71. The minimum Gasteiger partial charge on any atom is -0.497 e. The number of nitrogens with zero attached hydrogens (tertiary/aromatic N) is 2. The molecule has 2 rings (SSSR count).